The van der Waals surface area contributed by atoms with Crippen LogP contribution in [0.3, 0.4) is 0 Å². The Balaban J connectivity index is 2.00. The molecule has 2 N–H and O–H groups in total. The van der Waals surface area contributed by atoms with E-state index in [0.29, 0.717) is 5.92 Å². The fourth-order valence-electron chi connectivity index (χ4n) is 2.10. The molecule has 0 bridgehead atoms. The van der Waals surface area contributed by atoms with Crippen molar-refractivity contribution in [2.45, 2.75) is 31.8 Å². The Kier molecular flexibility index (Phi) is 3.87. The molecule has 0 aromatic heterocycles. The number of methoxy groups -OCH3 is 1. The molecule has 0 radical (unpaired) electrons. The van der Waals surface area contributed by atoms with E-state index in [1.54, 1.807) is 7.11 Å². The van der Waals surface area contributed by atoms with E-state index in [1.807, 2.05) is 31.2 Å². The van der Waals surface area contributed by atoms with Crippen molar-refractivity contribution in [3.05, 3.63) is 29.8 Å². The molecule has 4 heteroatoms. The summed E-state index contributed by atoms with van der Waals surface area (Å²) in [6.07, 6.45) is 2.03. The van der Waals surface area contributed by atoms with Crippen LogP contribution in [0.5, 0.6) is 5.75 Å². The number of hydrogen-bond donors (Lipinski definition) is 2. The van der Waals surface area contributed by atoms with Crippen molar-refractivity contribution >= 4 is 5.97 Å². The predicted molar refractivity (Wildman–Crippen MR) is 68.7 cm³/mol. The summed E-state index contributed by atoms with van der Waals surface area (Å²) >= 11 is 0. The maximum atomic E-state index is 11.2. The molecule has 0 saturated heterocycles. The van der Waals surface area contributed by atoms with Crippen LogP contribution < -0.4 is 10.1 Å². The Morgan fingerprint density at radius 1 is 1.39 bits per heavy atom. The molecule has 0 amide bonds. The lowest BCUT2D eigenvalue weighted by atomic mass is 10.1. The van der Waals surface area contributed by atoms with Crippen molar-refractivity contribution < 1.29 is 14.6 Å². The maximum absolute atomic E-state index is 11.2. The van der Waals surface area contributed by atoms with Crippen molar-refractivity contribution in [1.82, 2.24) is 5.32 Å². The van der Waals surface area contributed by atoms with Gasteiger partial charge in [-0.25, -0.2) is 0 Å². The summed E-state index contributed by atoms with van der Waals surface area (Å²) in [6.45, 7) is 1.99. The molecule has 1 unspecified atom stereocenters. The molecule has 0 aliphatic heterocycles. The topological polar surface area (TPSA) is 58.6 Å². The molecule has 18 heavy (non-hydrogen) atoms. The Hall–Kier alpha value is -1.55. The lowest BCUT2D eigenvalue weighted by molar-refractivity contribution is -0.140. The molecular formula is C14H19NO3. The smallest absolute Gasteiger partial charge is 0.320 e. The lowest BCUT2D eigenvalue weighted by Crippen LogP contribution is -2.39. The van der Waals surface area contributed by atoms with Gasteiger partial charge in [0.1, 0.15) is 11.8 Å². The average molecular weight is 249 g/mol. The zero-order valence-corrected chi connectivity index (χ0v) is 10.7. The average Bonchev–Trinajstić information content (AvgIpc) is 3.19. The van der Waals surface area contributed by atoms with Crippen LogP contribution in [0.4, 0.5) is 0 Å². The highest BCUT2D eigenvalue weighted by Crippen LogP contribution is 2.34. The monoisotopic (exact) mass is 249 g/mol. The van der Waals surface area contributed by atoms with Gasteiger partial charge in [0.25, 0.3) is 0 Å². The minimum absolute atomic E-state index is 0.0256. The number of rotatable bonds is 6. The van der Waals surface area contributed by atoms with Crippen molar-refractivity contribution in [2.24, 2.45) is 5.92 Å². The van der Waals surface area contributed by atoms with E-state index in [9.17, 15) is 9.90 Å². The predicted octanol–water partition coefficient (Wildman–Crippen LogP) is 2.21. The van der Waals surface area contributed by atoms with Crippen molar-refractivity contribution in [3.8, 4) is 5.75 Å². The Morgan fingerprint density at radius 2 is 2.00 bits per heavy atom. The fraction of sp³-hybridized carbons (Fsp3) is 0.500. The zero-order chi connectivity index (χ0) is 13.1. The lowest BCUT2D eigenvalue weighted by Gasteiger charge is -2.20. The standard InChI is InChI=1S/C14H19NO3/c1-9(10-5-7-12(18-2)8-6-10)15-13(14(16)17)11-3-4-11/h5-9,11,13,15H,3-4H2,1-2H3,(H,16,17)/t9-,13?/m1/s1. The molecule has 2 atom stereocenters. The van der Waals surface area contributed by atoms with E-state index in [4.69, 9.17) is 4.74 Å². The number of aliphatic carboxylic acids is 1. The molecule has 2 rings (SSSR count). The van der Waals surface area contributed by atoms with Crippen LogP contribution >= 0.6 is 0 Å². The molecule has 98 valence electrons. The summed E-state index contributed by atoms with van der Waals surface area (Å²) in [5.41, 5.74) is 1.07. The van der Waals surface area contributed by atoms with Gasteiger partial charge in [0.05, 0.1) is 7.11 Å². The third kappa shape index (κ3) is 3.01. The van der Waals surface area contributed by atoms with Gasteiger partial charge in [-0.1, -0.05) is 12.1 Å². The van der Waals surface area contributed by atoms with Gasteiger partial charge in [-0.15, -0.1) is 0 Å². The maximum Gasteiger partial charge on any atom is 0.320 e. The van der Waals surface area contributed by atoms with E-state index in [-0.39, 0.29) is 6.04 Å². The first-order chi connectivity index (χ1) is 8.61. The number of nitrogens with one attached hydrogen (secondary N) is 1. The van der Waals surface area contributed by atoms with E-state index in [0.717, 1.165) is 24.2 Å². The Morgan fingerprint density at radius 3 is 2.44 bits per heavy atom. The number of carboxylic acids is 1. The van der Waals surface area contributed by atoms with Gasteiger partial charge in [0.2, 0.25) is 0 Å². The van der Waals surface area contributed by atoms with Crippen molar-refractivity contribution in [1.29, 1.82) is 0 Å². The van der Waals surface area contributed by atoms with Crippen LogP contribution in [0, 0.1) is 5.92 Å². The van der Waals surface area contributed by atoms with E-state index in [2.05, 4.69) is 5.32 Å². The van der Waals surface area contributed by atoms with Crippen LogP contribution in [0.25, 0.3) is 0 Å². The first kappa shape index (κ1) is 12.9. The molecule has 1 aliphatic carbocycles. The highest BCUT2D eigenvalue weighted by Gasteiger charge is 2.36. The van der Waals surface area contributed by atoms with Crippen LogP contribution in [-0.2, 0) is 4.79 Å². The molecule has 4 nitrogen and oxygen atoms in total. The Labute approximate surface area is 107 Å². The first-order valence-electron chi connectivity index (χ1n) is 6.24. The summed E-state index contributed by atoms with van der Waals surface area (Å²) in [6, 6.07) is 7.30. The van der Waals surface area contributed by atoms with Crippen LogP contribution in [0.1, 0.15) is 31.4 Å². The summed E-state index contributed by atoms with van der Waals surface area (Å²) < 4.78 is 5.10. The van der Waals surface area contributed by atoms with Gasteiger partial charge in [0.15, 0.2) is 0 Å². The quantitative estimate of drug-likeness (QED) is 0.811. The number of ether oxygens (including phenoxy) is 1. The summed E-state index contributed by atoms with van der Waals surface area (Å²) in [7, 11) is 1.63. The van der Waals surface area contributed by atoms with Gasteiger partial charge in [-0.3, -0.25) is 10.1 Å². The summed E-state index contributed by atoms with van der Waals surface area (Å²) in [4.78, 5) is 11.2. The molecule has 1 saturated carbocycles. The third-order valence-corrected chi connectivity index (χ3v) is 3.40. The second-order valence-electron chi connectivity index (χ2n) is 4.81. The second kappa shape index (κ2) is 5.40. The second-order valence-corrected chi connectivity index (χ2v) is 4.81. The SMILES string of the molecule is COc1ccc([C@@H](C)NC(C(=O)O)C2CC2)cc1. The molecular weight excluding hydrogens is 230 g/mol. The molecule has 1 fully saturated rings. The highest BCUT2D eigenvalue weighted by molar-refractivity contribution is 5.74. The van der Waals surface area contributed by atoms with Gasteiger partial charge >= 0.3 is 5.97 Å². The molecule has 0 heterocycles. The number of hydrogen-bond acceptors (Lipinski definition) is 3. The third-order valence-electron chi connectivity index (χ3n) is 3.40. The molecule has 1 aromatic rings. The van der Waals surface area contributed by atoms with Gasteiger partial charge in [-0.05, 0) is 43.4 Å². The summed E-state index contributed by atoms with van der Waals surface area (Å²) in [5.74, 6) is 0.351. The van der Waals surface area contributed by atoms with Gasteiger partial charge in [0, 0.05) is 6.04 Å². The highest BCUT2D eigenvalue weighted by atomic mass is 16.5. The fourth-order valence-corrected chi connectivity index (χ4v) is 2.10. The Bertz CT molecular complexity index is 412. The van der Waals surface area contributed by atoms with Gasteiger partial charge in [-0.2, -0.15) is 0 Å². The van der Waals surface area contributed by atoms with Crippen molar-refractivity contribution in [3.63, 3.8) is 0 Å². The van der Waals surface area contributed by atoms with Gasteiger partial charge < -0.3 is 9.84 Å². The molecule has 0 spiro atoms. The molecule has 1 aromatic carbocycles. The number of carboxylic acid groups (broad SMARTS) is 1. The first-order valence-corrected chi connectivity index (χ1v) is 6.24. The van der Waals surface area contributed by atoms with Crippen molar-refractivity contribution in [2.75, 3.05) is 7.11 Å². The number of carbonyl (C=O) groups is 1. The minimum Gasteiger partial charge on any atom is -0.497 e. The largest absolute Gasteiger partial charge is 0.497 e. The molecule has 1 aliphatic rings. The zero-order valence-electron chi connectivity index (χ0n) is 10.7. The van der Waals surface area contributed by atoms with Crippen LogP contribution in [-0.4, -0.2) is 24.2 Å². The number of benzene rings is 1. The normalized spacial score (nSPS) is 18.1. The minimum atomic E-state index is -0.752. The van der Waals surface area contributed by atoms with Crippen LogP contribution in [0.2, 0.25) is 0 Å². The van der Waals surface area contributed by atoms with Crippen LogP contribution in [0.15, 0.2) is 24.3 Å². The van der Waals surface area contributed by atoms with E-state index >= 15 is 0 Å². The summed E-state index contributed by atoms with van der Waals surface area (Å²) in [5, 5.41) is 12.4. The van der Waals surface area contributed by atoms with E-state index < -0.39 is 12.0 Å². The van der Waals surface area contributed by atoms with E-state index in [1.165, 1.54) is 0 Å².